The number of hydrogen-bond donors (Lipinski definition) is 1. The second-order valence-electron chi connectivity index (χ2n) is 5.98. The fourth-order valence-corrected chi connectivity index (χ4v) is 4.82. The highest BCUT2D eigenvalue weighted by molar-refractivity contribution is 7.99. The highest BCUT2D eigenvalue weighted by atomic mass is 32.2. The van der Waals surface area contributed by atoms with Crippen molar-refractivity contribution in [1.29, 1.82) is 0 Å². The summed E-state index contributed by atoms with van der Waals surface area (Å²) < 4.78 is 0. The SMILES string of the molecule is CCSc1cccc(N2CCCC3CCCC32)c1C(=O)O. The van der Waals surface area contributed by atoms with Crippen LogP contribution in [0.5, 0.6) is 0 Å². The molecule has 1 aromatic carbocycles. The quantitative estimate of drug-likeness (QED) is 0.844. The van der Waals surface area contributed by atoms with Gasteiger partial charge in [0.2, 0.25) is 0 Å². The topological polar surface area (TPSA) is 40.5 Å². The van der Waals surface area contributed by atoms with Crippen LogP contribution in [0.3, 0.4) is 0 Å². The molecule has 0 amide bonds. The molecule has 0 spiro atoms. The van der Waals surface area contributed by atoms with Crippen molar-refractivity contribution in [3.63, 3.8) is 0 Å². The van der Waals surface area contributed by atoms with Crippen molar-refractivity contribution < 1.29 is 9.90 Å². The van der Waals surface area contributed by atoms with E-state index in [9.17, 15) is 9.90 Å². The Morgan fingerprint density at radius 2 is 2.14 bits per heavy atom. The van der Waals surface area contributed by atoms with Crippen LogP contribution in [-0.4, -0.2) is 29.4 Å². The number of anilines is 1. The maximum atomic E-state index is 11.8. The van der Waals surface area contributed by atoms with Crippen molar-refractivity contribution in [2.45, 2.75) is 50.0 Å². The summed E-state index contributed by atoms with van der Waals surface area (Å²) in [6, 6.07) is 6.51. The fraction of sp³-hybridized carbons (Fsp3) is 0.588. The van der Waals surface area contributed by atoms with Crippen LogP contribution in [0.4, 0.5) is 5.69 Å². The Labute approximate surface area is 130 Å². The molecule has 1 aliphatic heterocycles. The second kappa shape index (κ2) is 6.30. The minimum absolute atomic E-state index is 0.511. The van der Waals surface area contributed by atoms with Gasteiger partial charge in [0, 0.05) is 17.5 Å². The minimum Gasteiger partial charge on any atom is -0.478 e. The molecule has 4 heteroatoms. The molecule has 1 aromatic rings. The number of benzene rings is 1. The predicted molar refractivity (Wildman–Crippen MR) is 87.5 cm³/mol. The lowest BCUT2D eigenvalue weighted by atomic mass is 9.91. The van der Waals surface area contributed by atoms with Gasteiger partial charge >= 0.3 is 5.97 Å². The van der Waals surface area contributed by atoms with Crippen molar-refractivity contribution in [3.05, 3.63) is 23.8 Å². The average Bonchev–Trinajstić information content (AvgIpc) is 2.95. The zero-order chi connectivity index (χ0) is 14.8. The smallest absolute Gasteiger partial charge is 0.338 e. The van der Waals surface area contributed by atoms with Crippen molar-refractivity contribution in [2.75, 3.05) is 17.2 Å². The highest BCUT2D eigenvalue weighted by Gasteiger charge is 2.36. The third kappa shape index (κ3) is 2.78. The molecule has 0 bridgehead atoms. The maximum Gasteiger partial charge on any atom is 0.338 e. The van der Waals surface area contributed by atoms with E-state index in [1.165, 1.54) is 32.1 Å². The average molecular weight is 305 g/mol. The van der Waals surface area contributed by atoms with Crippen LogP contribution >= 0.6 is 11.8 Å². The summed E-state index contributed by atoms with van der Waals surface area (Å²) in [5, 5.41) is 9.70. The van der Waals surface area contributed by atoms with Crippen LogP contribution in [0.2, 0.25) is 0 Å². The zero-order valence-electron chi connectivity index (χ0n) is 12.5. The third-order valence-corrected chi connectivity index (χ3v) is 5.76. The molecule has 3 nitrogen and oxygen atoms in total. The molecule has 1 heterocycles. The lowest BCUT2D eigenvalue weighted by Gasteiger charge is -2.40. The number of thioether (sulfide) groups is 1. The number of fused-ring (bicyclic) bond motifs is 1. The van der Waals surface area contributed by atoms with E-state index in [0.29, 0.717) is 11.6 Å². The summed E-state index contributed by atoms with van der Waals surface area (Å²) >= 11 is 1.63. The largest absolute Gasteiger partial charge is 0.478 e. The molecule has 1 saturated carbocycles. The van der Waals surface area contributed by atoms with Gasteiger partial charge in [0.05, 0.1) is 11.3 Å². The Morgan fingerprint density at radius 3 is 2.90 bits per heavy atom. The first-order valence-electron chi connectivity index (χ1n) is 7.98. The van der Waals surface area contributed by atoms with Crippen molar-refractivity contribution in [3.8, 4) is 0 Å². The fourth-order valence-electron chi connectivity index (χ4n) is 4.00. The third-order valence-electron chi connectivity index (χ3n) is 4.82. The first kappa shape index (κ1) is 14.8. The molecule has 0 radical (unpaired) electrons. The van der Waals surface area contributed by atoms with E-state index >= 15 is 0 Å². The molecule has 21 heavy (non-hydrogen) atoms. The van der Waals surface area contributed by atoms with Gasteiger partial charge in [0.15, 0.2) is 0 Å². The van der Waals surface area contributed by atoms with E-state index in [-0.39, 0.29) is 0 Å². The molecular formula is C17H23NO2S. The minimum atomic E-state index is -0.790. The Bertz CT molecular complexity index is 532. The summed E-state index contributed by atoms with van der Waals surface area (Å²) in [7, 11) is 0. The number of carboxylic acid groups (broad SMARTS) is 1. The van der Waals surface area contributed by atoms with Gasteiger partial charge in [-0.2, -0.15) is 0 Å². The number of carboxylic acids is 1. The van der Waals surface area contributed by atoms with E-state index in [4.69, 9.17) is 0 Å². The number of nitrogens with zero attached hydrogens (tertiary/aromatic N) is 1. The number of aromatic carboxylic acids is 1. The van der Waals surface area contributed by atoms with E-state index in [2.05, 4.69) is 11.8 Å². The molecular weight excluding hydrogens is 282 g/mol. The molecule has 2 fully saturated rings. The van der Waals surface area contributed by atoms with Crippen LogP contribution in [0, 0.1) is 5.92 Å². The van der Waals surface area contributed by atoms with Gasteiger partial charge in [0.25, 0.3) is 0 Å². The van der Waals surface area contributed by atoms with Crippen LogP contribution in [0.25, 0.3) is 0 Å². The molecule has 1 aliphatic carbocycles. The number of rotatable bonds is 4. The van der Waals surface area contributed by atoms with Crippen molar-refractivity contribution >= 4 is 23.4 Å². The molecule has 1 saturated heterocycles. The molecule has 2 atom stereocenters. The molecule has 0 aromatic heterocycles. The highest BCUT2D eigenvalue weighted by Crippen LogP contribution is 2.41. The normalized spacial score (nSPS) is 24.9. The monoisotopic (exact) mass is 305 g/mol. The lowest BCUT2D eigenvalue weighted by molar-refractivity contribution is 0.0693. The van der Waals surface area contributed by atoms with Gasteiger partial charge in [-0.25, -0.2) is 4.79 Å². The summed E-state index contributed by atoms with van der Waals surface area (Å²) in [5.41, 5.74) is 1.45. The van der Waals surface area contributed by atoms with Crippen LogP contribution < -0.4 is 4.90 Å². The molecule has 2 aliphatic rings. The van der Waals surface area contributed by atoms with Gasteiger partial charge in [-0.1, -0.05) is 19.4 Å². The predicted octanol–water partition coefficient (Wildman–Crippen LogP) is 4.27. The second-order valence-corrected chi connectivity index (χ2v) is 7.29. The van der Waals surface area contributed by atoms with Crippen LogP contribution in [0.1, 0.15) is 49.4 Å². The van der Waals surface area contributed by atoms with E-state index < -0.39 is 5.97 Å². The van der Waals surface area contributed by atoms with Gasteiger partial charge in [-0.3, -0.25) is 0 Å². The van der Waals surface area contributed by atoms with E-state index in [1.54, 1.807) is 11.8 Å². The van der Waals surface area contributed by atoms with Gasteiger partial charge in [-0.05, 0) is 49.5 Å². The Hall–Kier alpha value is -1.16. The van der Waals surface area contributed by atoms with E-state index in [1.807, 2.05) is 18.2 Å². The van der Waals surface area contributed by atoms with Crippen molar-refractivity contribution in [2.24, 2.45) is 5.92 Å². The summed E-state index contributed by atoms with van der Waals surface area (Å²) in [5.74, 6) is 0.875. The molecule has 3 rings (SSSR count). The number of hydrogen-bond acceptors (Lipinski definition) is 3. The molecule has 114 valence electrons. The van der Waals surface area contributed by atoms with Gasteiger partial charge in [-0.15, -0.1) is 11.8 Å². The number of piperidine rings is 1. The van der Waals surface area contributed by atoms with Crippen LogP contribution in [0.15, 0.2) is 23.1 Å². The lowest BCUT2D eigenvalue weighted by Crippen LogP contribution is -2.43. The summed E-state index contributed by atoms with van der Waals surface area (Å²) in [6.45, 7) is 3.07. The first-order chi connectivity index (χ1) is 10.2. The standard InChI is InChI=1S/C17H23NO2S/c1-2-21-15-10-4-9-14(16(15)17(19)20)18-11-5-7-12-6-3-8-13(12)18/h4,9-10,12-13H,2-3,5-8,11H2,1H3,(H,19,20). The molecule has 1 N–H and O–H groups in total. The zero-order valence-corrected chi connectivity index (χ0v) is 13.4. The Balaban J connectivity index is 2.00. The first-order valence-corrected chi connectivity index (χ1v) is 8.96. The molecule has 2 unspecified atom stereocenters. The Morgan fingerprint density at radius 1 is 1.33 bits per heavy atom. The maximum absolute atomic E-state index is 11.8. The van der Waals surface area contributed by atoms with Gasteiger partial charge < -0.3 is 10.0 Å². The van der Waals surface area contributed by atoms with E-state index in [0.717, 1.165) is 28.8 Å². The summed E-state index contributed by atoms with van der Waals surface area (Å²) in [6.07, 6.45) is 6.32. The number of carbonyl (C=O) groups is 1. The van der Waals surface area contributed by atoms with Crippen molar-refractivity contribution in [1.82, 2.24) is 0 Å². The summed E-state index contributed by atoms with van der Waals surface area (Å²) in [4.78, 5) is 15.1. The van der Waals surface area contributed by atoms with Crippen LogP contribution in [-0.2, 0) is 0 Å². The Kier molecular flexibility index (Phi) is 4.43. The van der Waals surface area contributed by atoms with Gasteiger partial charge in [0.1, 0.15) is 0 Å².